The zero-order valence-electron chi connectivity index (χ0n) is 11.0. The number of nitrogens with one attached hydrogen (secondary N) is 1. The molecule has 106 valence electrons. The van der Waals surface area contributed by atoms with Crippen molar-refractivity contribution in [2.45, 2.75) is 12.5 Å². The van der Waals surface area contributed by atoms with Gasteiger partial charge in [-0.25, -0.2) is 9.37 Å². The molecule has 0 saturated heterocycles. The van der Waals surface area contributed by atoms with Gasteiger partial charge in [-0.2, -0.15) is 0 Å². The number of benzene rings is 1. The van der Waals surface area contributed by atoms with Crippen molar-refractivity contribution in [2.24, 2.45) is 5.16 Å². The van der Waals surface area contributed by atoms with E-state index in [1.165, 1.54) is 12.1 Å². The van der Waals surface area contributed by atoms with Crippen LogP contribution in [-0.4, -0.2) is 22.7 Å². The molecule has 1 aliphatic rings. The summed E-state index contributed by atoms with van der Waals surface area (Å²) in [5.41, 5.74) is 1.36. The molecule has 1 N–H and O–H groups in total. The van der Waals surface area contributed by atoms with Crippen LogP contribution in [0.25, 0.3) is 0 Å². The Morgan fingerprint density at radius 3 is 2.76 bits per heavy atom. The summed E-state index contributed by atoms with van der Waals surface area (Å²) in [5.74, 6) is -0.168. The highest BCUT2D eigenvalue weighted by Crippen LogP contribution is 2.18. The van der Waals surface area contributed by atoms with Crippen LogP contribution in [-0.2, 0) is 9.63 Å². The topological polar surface area (TPSA) is 63.6 Å². The van der Waals surface area contributed by atoms with Crippen molar-refractivity contribution >= 4 is 17.4 Å². The lowest BCUT2D eigenvalue weighted by molar-refractivity contribution is -0.125. The van der Waals surface area contributed by atoms with Crippen LogP contribution in [0.15, 0.2) is 53.8 Å². The van der Waals surface area contributed by atoms with Gasteiger partial charge in [0.1, 0.15) is 11.6 Å². The van der Waals surface area contributed by atoms with E-state index in [9.17, 15) is 9.18 Å². The monoisotopic (exact) mass is 285 g/mol. The Hall–Kier alpha value is -2.76. The Balaban J connectivity index is 1.63. The highest BCUT2D eigenvalue weighted by Gasteiger charge is 2.29. The van der Waals surface area contributed by atoms with Crippen molar-refractivity contribution in [3.8, 4) is 0 Å². The number of aromatic nitrogens is 1. The third-order valence-electron chi connectivity index (χ3n) is 3.05. The number of carbonyl (C=O) groups excluding carboxylic acids is 1. The van der Waals surface area contributed by atoms with Crippen LogP contribution < -0.4 is 5.32 Å². The summed E-state index contributed by atoms with van der Waals surface area (Å²) >= 11 is 0. The number of halogens is 1. The number of oxime groups is 1. The van der Waals surface area contributed by atoms with Crippen LogP contribution in [0.2, 0.25) is 0 Å². The molecule has 0 saturated carbocycles. The van der Waals surface area contributed by atoms with Crippen LogP contribution in [0.4, 0.5) is 10.2 Å². The molecule has 1 unspecified atom stereocenters. The smallest absolute Gasteiger partial charge is 0.269 e. The summed E-state index contributed by atoms with van der Waals surface area (Å²) in [7, 11) is 0. The van der Waals surface area contributed by atoms with Gasteiger partial charge in [-0.1, -0.05) is 23.4 Å². The van der Waals surface area contributed by atoms with Gasteiger partial charge in [0.15, 0.2) is 0 Å². The molecule has 0 radical (unpaired) electrons. The van der Waals surface area contributed by atoms with E-state index in [2.05, 4.69) is 15.5 Å². The van der Waals surface area contributed by atoms with E-state index < -0.39 is 6.10 Å². The zero-order chi connectivity index (χ0) is 14.7. The van der Waals surface area contributed by atoms with Crippen molar-refractivity contribution in [1.29, 1.82) is 0 Å². The molecule has 1 aliphatic heterocycles. The van der Waals surface area contributed by atoms with Crippen LogP contribution in [0, 0.1) is 5.82 Å². The maximum atomic E-state index is 12.9. The van der Waals surface area contributed by atoms with E-state index in [0.717, 1.165) is 5.56 Å². The fourth-order valence-corrected chi connectivity index (χ4v) is 1.97. The van der Waals surface area contributed by atoms with E-state index in [0.29, 0.717) is 18.0 Å². The molecule has 3 rings (SSSR count). The van der Waals surface area contributed by atoms with Gasteiger partial charge in [-0.3, -0.25) is 4.79 Å². The van der Waals surface area contributed by atoms with E-state index in [4.69, 9.17) is 4.84 Å². The number of hydrogen-bond donors (Lipinski definition) is 1. The minimum Gasteiger partial charge on any atom is -0.382 e. The molecular weight excluding hydrogens is 273 g/mol. The maximum Gasteiger partial charge on any atom is 0.269 e. The number of hydrogen-bond acceptors (Lipinski definition) is 4. The Kier molecular flexibility index (Phi) is 3.59. The predicted molar refractivity (Wildman–Crippen MR) is 75.3 cm³/mol. The van der Waals surface area contributed by atoms with Crippen LogP contribution in [0.3, 0.4) is 0 Å². The second-order valence-electron chi connectivity index (χ2n) is 4.55. The maximum absolute atomic E-state index is 12.9. The number of anilines is 1. The van der Waals surface area contributed by atoms with Gasteiger partial charge in [0.2, 0.25) is 6.10 Å². The fraction of sp³-hybridized carbons (Fsp3) is 0.133. The summed E-state index contributed by atoms with van der Waals surface area (Å²) in [6.07, 6.45) is 1.22. The number of rotatable bonds is 3. The molecule has 0 spiro atoms. The van der Waals surface area contributed by atoms with Crippen molar-refractivity contribution in [2.75, 3.05) is 5.32 Å². The minimum atomic E-state index is -0.702. The Bertz CT molecular complexity index is 671. The standard InChI is InChI=1S/C15H12FN3O2/c16-11-6-4-10(5-7-11)12-9-13(21-19-12)15(20)18-14-3-1-2-8-17-14/h1-8,13H,9H2,(H,17,18,20). The summed E-state index contributed by atoms with van der Waals surface area (Å²) in [6, 6.07) is 11.1. The predicted octanol–water partition coefficient (Wildman–Crippen LogP) is 2.35. The molecule has 1 atom stereocenters. The first kappa shape index (κ1) is 13.2. The molecule has 2 aromatic rings. The summed E-state index contributed by atoms with van der Waals surface area (Å²) in [4.78, 5) is 21.2. The lowest BCUT2D eigenvalue weighted by Crippen LogP contribution is -2.28. The van der Waals surface area contributed by atoms with Crippen LogP contribution >= 0.6 is 0 Å². The molecule has 1 aromatic heterocycles. The first-order valence-electron chi connectivity index (χ1n) is 6.43. The van der Waals surface area contributed by atoms with Crippen molar-refractivity contribution in [3.63, 3.8) is 0 Å². The average molecular weight is 285 g/mol. The third-order valence-corrected chi connectivity index (χ3v) is 3.05. The van der Waals surface area contributed by atoms with E-state index in [1.54, 1.807) is 36.5 Å². The normalized spacial score (nSPS) is 17.0. The number of carbonyl (C=O) groups is 1. The molecule has 1 aromatic carbocycles. The van der Waals surface area contributed by atoms with Gasteiger partial charge in [0.25, 0.3) is 5.91 Å². The number of nitrogens with zero attached hydrogens (tertiary/aromatic N) is 2. The Morgan fingerprint density at radius 2 is 2.05 bits per heavy atom. The second kappa shape index (κ2) is 5.70. The summed E-state index contributed by atoms with van der Waals surface area (Å²) in [6.45, 7) is 0. The summed E-state index contributed by atoms with van der Waals surface area (Å²) < 4.78 is 12.9. The van der Waals surface area contributed by atoms with E-state index >= 15 is 0 Å². The molecule has 21 heavy (non-hydrogen) atoms. The van der Waals surface area contributed by atoms with Crippen LogP contribution in [0.5, 0.6) is 0 Å². The quantitative estimate of drug-likeness (QED) is 0.941. The van der Waals surface area contributed by atoms with E-state index in [-0.39, 0.29) is 11.7 Å². The third kappa shape index (κ3) is 3.05. The van der Waals surface area contributed by atoms with Crippen molar-refractivity contribution < 1.29 is 14.0 Å². The number of amides is 1. The summed E-state index contributed by atoms with van der Waals surface area (Å²) in [5, 5.41) is 6.55. The van der Waals surface area contributed by atoms with Gasteiger partial charge in [-0.15, -0.1) is 0 Å². The average Bonchev–Trinajstić information content (AvgIpc) is 2.99. The highest BCUT2D eigenvalue weighted by atomic mass is 19.1. The molecule has 0 bridgehead atoms. The first-order valence-corrected chi connectivity index (χ1v) is 6.43. The fourth-order valence-electron chi connectivity index (χ4n) is 1.97. The van der Waals surface area contributed by atoms with Crippen molar-refractivity contribution in [3.05, 3.63) is 60.0 Å². The van der Waals surface area contributed by atoms with Gasteiger partial charge in [0, 0.05) is 12.6 Å². The van der Waals surface area contributed by atoms with Crippen molar-refractivity contribution in [1.82, 2.24) is 4.98 Å². The largest absolute Gasteiger partial charge is 0.382 e. The van der Waals surface area contributed by atoms with Crippen LogP contribution in [0.1, 0.15) is 12.0 Å². The van der Waals surface area contributed by atoms with E-state index in [1.807, 2.05) is 0 Å². The Morgan fingerprint density at radius 1 is 1.24 bits per heavy atom. The Labute approximate surface area is 120 Å². The highest BCUT2D eigenvalue weighted by molar-refractivity contribution is 6.05. The van der Waals surface area contributed by atoms with Gasteiger partial charge < -0.3 is 10.2 Å². The lowest BCUT2D eigenvalue weighted by atomic mass is 10.0. The molecule has 0 fully saturated rings. The minimum absolute atomic E-state index is 0.311. The van der Waals surface area contributed by atoms with Gasteiger partial charge in [-0.05, 0) is 29.8 Å². The molecule has 1 amide bonds. The molecule has 5 nitrogen and oxygen atoms in total. The first-order chi connectivity index (χ1) is 10.2. The van der Waals surface area contributed by atoms with Gasteiger partial charge in [0.05, 0.1) is 5.71 Å². The molecule has 2 heterocycles. The lowest BCUT2D eigenvalue weighted by Gasteiger charge is -2.08. The molecular formula is C15H12FN3O2. The second-order valence-corrected chi connectivity index (χ2v) is 4.55. The molecule has 0 aliphatic carbocycles. The van der Waals surface area contributed by atoms with Gasteiger partial charge >= 0.3 is 0 Å². The number of pyridine rings is 1. The SMILES string of the molecule is O=C(Nc1ccccn1)C1CC(c2ccc(F)cc2)=NO1. The molecule has 6 heteroatoms. The zero-order valence-corrected chi connectivity index (χ0v) is 11.0.